The molecule has 0 amide bonds. The molecule has 8 saturated carbocycles. The van der Waals surface area contributed by atoms with E-state index in [2.05, 4.69) is 0 Å². The highest BCUT2D eigenvalue weighted by molar-refractivity contribution is 6.34. The standard InChI is InChI=1S/C41H49ClO10.C34H41ClO8.2CO2/c1-7-8-29-11-14-33(39(46-6)35-30-16-27-15-28(18-30)19-31(35)17-27)36(42)38(29)48-20-26-9-12-32(13-10-26)51-41-40(50-25(5)45)37(49-24(4)44)22(2)34(52-41)21-47-23(3)43;1-3-4-21-7-10-25(33(40-2)27-22-12-19-11-20(14-22)15-23(27)13-19)28(35)32(21)41-17-18-5-8-24(9-6-18)42-34-31(39)30(38)29(37)26(16-36)43-34;2*2-1-3/h7-14,22,27-28,30-31,34,37,40-41H,15-21H2,1-6H3;3-10,19-20,22-23,26,29-31,34,36-39H,11-17H2,1-2H3;;/b8-7+,39-35?;4-3+,33-27?;;/t22-,27?,28?,30?,31?,34+,37-,40?,41+;19?,20?,22?,23?,26-,29+,30+,31?,34-;;/m01../s1. The van der Waals surface area contributed by atoms with E-state index in [-0.39, 0.29) is 32.1 Å². The first-order valence-electron chi connectivity index (χ1n) is 34.3. The Morgan fingerprint density at radius 1 is 0.525 bits per heavy atom. The average Bonchev–Trinajstić information content (AvgIpc) is 0.750. The van der Waals surface area contributed by atoms with E-state index in [9.17, 15) is 34.8 Å². The Morgan fingerprint density at radius 3 is 1.28 bits per heavy atom. The molecule has 8 bridgehead atoms. The molecule has 0 spiro atoms. The second kappa shape index (κ2) is 35.8. The van der Waals surface area contributed by atoms with Crippen LogP contribution < -0.4 is 18.9 Å². The van der Waals surface area contributed by atoms with Crippen LogP contribution in [0.15, 0.2) is 96.1 Å². The summed E-state index contributed by atoms with van der Waals surface area (Å²) in [5, 5.41) is 40.8. The number of carbonyl (C=O) groups is 3. The molecule has 4 aromatic carbocycles. The molecule has 2 saturated heterocycles. The van der Waals surface area contributed by atoms with Crippen molar-refractivity contribution in [3.8, 4) is 23.0 Å². The lowest BCUT2D eigenvalue weighted by atomic mass is 9.54. The average molecular weight is 1440 g/mol. The Kier molecular flexibility index (Phi) is 27.4. The number of carbonyl (C=O) groups excluding carboxylic acids is 7. The first kappa shape index (κ1) is 77.3. The van der Waals surface area contributed by atoms with E-state index in [1.807, 2.05) is 86.7 Å². The predicted molar refractivity (Wildman–Crippen MR) is 366 cm³/mol. The van der Waals surface area contributed by atoms with Crippen LogP contribution in [0.4, 0.5) is 0 Å². The van der Waals surface area contributed by atoms with Crippen LogP contribution in [0.1, 0.15) is 139 Å². The highest BCUT2D eigenvalue weighted by Crippen LogP contribution is 2.60. The van der Waals surface area contributed by atoms with E-state index in [0.717, 1.165) is 68.6 Å². The van der Waals surface area contributed by atoms with Gasteiger partial charge in [-0.3, -0.25) is 14.4 Å². The topological polar surface area (TPSA) is 302 Å². The zero-order valence-electron chi connectivity index (χ0n) is 57.9. The number of aliphatic hydroxyl groups excluding tert-OH is 4. The number of rotatable bonds is 21. The minimum absolute atomic E-state index is 0.0960. The maximum Gasteiger partial charge on any atom is 0.373 e. The van der Waals surface area contributed by atoms with Gasteiger partial charge in [-0.05, 0) is 184 Å². The number of aliphatic hydroxyl groups is 4. The molecule has 2 unspecified atom stereocenters. The van der Waals surface area contributed by atoms with Crippen LogP contribution in [0.3, 0.4) is 0 Å². The minimum Gasteiger partial charge on any atom is -0.496 e. The third-order valence-electron chi connectivity index (χ3n) is 20.4. The summed E-state index contributed by atoms with van der Waals surface area (Å²) in [6, 6.07) is 22.4. The van der Waals surface area contributed by atoms with E-state index in [0.29, 0.717) is 56.7 Å². The monoisotopic (exact) mass is 1440 g/mol. The summed E-state index contributed by atoms with van der Waals surface area (Å²) in [5.41, 5.74) is 8.07. The number of ether oxygens (including phenoxy) is 11. The molecule has 4 N–H and O–H groups in total. The highest BCUT2D eigenvalue weighted by atomic mass is 35.5. The smallest absolute Gasteiger partial charge is 0.373 e. The number of hydrogen-bond acceptors (Lipinski definition) is 22. The summed E-state index contributed by atoms with van der Waals surface area (Å²) < 4.78 is 64.9. The van der Waals surface area contributed by atoms with Crippen LogP contribution in [0, 0.1) is 53.3 Å². The van der Waals surface area contributed by atoms with E-state index in [1.54, 1.807) is 45.4 Å². The molecule has 544 valence electrons. The van der Waals surface area contributed by atoms with Crippen LogP contribution in [0.5, 0.6) is 23.0 Å². The lowest BCUT2D eigenvalue weighted by molar-refractivity contribution is -0.277. The summed E-state index contributed by atoms with van der Waals surface area (Å²) in [4.78, 5) is 68.2. The molecule has 8 aliphatic carbocycles. The van der Waals surface area contributed by atoms with Crippen molar-refractivity contribution in [2.75, 3.05) is 27.4 Å². The molecule has 22 nitrogen and oxygen atoms in total. The third-order valence-corrected chi connectivity index (χ3v) is 21.2. The van der Waals surface area contributed by atoms with Gasteiger partial charge in [0.05, 0.1) is 30.9 Å². The van der Waals surface area contributed by atoms with Crippen LogP contribution >= 0.6 is 23.2 Å². The summed E-state index contributed by atoms with van der Waals surface area (Å²) >= 11 is 14.3. The maximum atomic E-state index is 12.1. The van der Waals surface area contributed by atoms with Crippen molar-refractivity contribution in [3.63, 3.8) is 0 Å². The van der Waals surface area contributed by atoms with Crippen LogP contribution in [0.2, 0.25) is 10.0 Å². The summed E-state index contributed by atoms with van der Waals surface area (Å²) in [7, 11) is 3.50. The molecule has 10 aliphatic rings. The van der Waals surface area contributed by atoms with E-state index in [1.165, 1.54) is 96.1 Å². The van der Waals surface area contributed by atoms with Crippen molar-refractivity contribution in [1.29, 1.82) is 0 Å². The minimum atomic E-state index is -1.51. The van der Waals surface area contributed by atoms with Gasteiger partial charge >= 0.3 is 30.2 Å². The fourth-order valence-electron chi connectivity index (χ4n) is 16.6. The van der Waals surface area contributed by atoms with Crippen LogP contribution in [-0.2, 0) is 79.9 Å². The van der Waals surface area contributed by atoms with Gasteiger partial charge in [-0.2, -0.15) is 19.2 Å². The van der Waals surface area contributed by atoms with Gasteiger partial charge in [0.2, 0.25) is 18.7 Å². The van der Waals surface area contributed by atoms with Crippen molar-refractivity contribution < 1.29 is 106 Å². The van der Waals surface area contributed by atoms with E-state index >= 15 is 0 Å². The summed E-state index contributed by atoms with van der Waals surface area (Å²) in [6.45, 7) is 9.36. The molecule has 101 heavy (non-hydrogen) atoms. The molecule has 10 fully saturated rings. The van der Waals surface area contributed by atoms with Gasteiger partial charge in [-0.1, -0.05) is 90.8 Å². The first-order valence-corrected chi connectivity index (χ1v) is 35.0. The molecule has 10 atom stereocenters. The number of hydrogen-bond donors (Lipinski definition) is 4. The van der Waals surface area contributed by atoms with Gasteiger partial charge in [0.25, 0.3) is 0 Å². The number of halogens is 2. The van der Waals surface area contributed by atoms with Crippen molar-refractivity contribution in [3.05, 3.63) is 140 Å². The van der Waals surface area contributed by atoms with Gasteiger partial charge in [-0.15, -0.1) is 0 Å². The van der Waals surface area contributed by atoms with Crippen LogP contribution in [0.25, 0.3) is 23.7 Å². The number of methoxy groups -OCH3 is 2. The van der Waals surface area contributed by atoms with Crippen molar-refractivity contribution in [1.82, 2.24) is 0 Å². The number of benzene rings is 4. The molecular weight excluding hydrogens is 1350 g/mol. The van der Waals surface area contributed by atoms with Gasteiger partial charge in [0.15, 0.2) is 0 Å². The fourth-order valence-corrected chi connectivity index (χ4v) is 17.2. The number of esters is 3. The Labute approximate surface area is 597 Å². The maximum absolute atomic E-state index is 12.1. The third kappa shape index (κ3) is 18.5. The molecule has 0 radical (unpaired) electrons. The van der Waals surface area contributed by atoms with Gasteiger partial charge in [0, 0.05) is 48.9 Å². The Hall–Kier alpha value is -7.85. The fraction of sp³-hybridized carbons (Fsp3) is 0.519. The Balaban J connectivity index is 0.000000221. The van der Waals surface area contributed by atoms with E-state index < -0.39 is 85.7 Å². The van der Waals surface area contributed by atoms with Gasteiger partial charge in [-0.25, -0.2) is 0 Å². The zero-order chi connectivity index (χ0) is 72.8. The predicted octanol–water partition coefficient (Wildman–Crippen LogP) is 11.7. The molecular formula is C77H90Cl2O22. The Morgan fingerprint density at radius 2 is 0.911 bits per heavy atom. The summed E-state index contributed by atoms with van der Waals surface area (Å²) in [6.07, 6.45) is 10.6. The van der Waals surface area contributed by atoms with E-state index in [4.69, 9.17) is 94.5 Å². The zero-order valence-corrected chi connectivity index (χ0v) is 59.4. The quantitative estimate of drug-likeness (QED) is 0.0342. The second-order valence-electron chi connectivity index (χ2n) is 27.1. The van der Waals surface area contributed by atoms with Crippen molar-refractivity contribution in [2.45, 2.75) is 174 Å². The van der Waals surface area contributed by atoms with Crippen molar-refractivity contribution in [2.24, 2.45) is 53.3 Å². The second-order valence-corrected chi connectivity index (χ2v) is 27.9. The normalized spacial score (nSPS) is 29.2. The lowest BCUT2D eigenvalue weighted by Crippen LogP contribution is -2.60. The molecule has 0 aromatic heterocycles. The highest BCUT2D eigenvalue weighted by Gasteiger charge is 2.52. The number of allylic oxidation sites excluding steroid dienone is 4. The van der Waals surface area contributed by atoms with Gasteiger partial charge in [0.1, 0.15) is 91.0 Å². The Bertz CT molecular complexity index is 3650. The summed E-state index contributed by atoms with van der Waals surface area (Å²) in [5.74, 6) is 7.31. The molecule has 2 aliphatic heterocycles. The molecule has 2 heterocycles. The van der Waals surface area contributed by atoms with Crippen LogP contribution in [-0.4, -0.2) is 133 Å². The molecule has 24 heteroatoms. The lowest BCUT2D eigenvalue weighted by Gasteiger charge is -2.51. The first-order chi connectivity index (χ1) is 48.6. The molecule has 14 rings (SSSR count). The van der Waals surface area contributed by atoms with Crippen molar-refractivity contribution >= 4 is 77.1 Å². The molecule has 4 aromatic rings. The van der Waals surface area contributed by atoms with Gasteiger partial charge < -0.3 is 72.5 Å². The largest absolute Gasteiger partial charge is 0.496 e. The SMILES string of the molecule is C/C=C/c1ccc(C(OC)=C2C3CC4CC(C3)CC2C4)c(Cl)c1OCc1ccc(O[C@@H]2O[C@H](CO)[C@H](O)[C@H](O)C2O)cc1.C/C=C/c1ccc(C(OC)=C2C3CC4CC(C3)CC2C4)c(Cl)c1OCc1ccc(O[C@@H]2O[C@H](COC(C)=O)[C@H](C)[C@H](OC(C)=O)C2OC(C)=O)cc1.O=C=O.O=C=O.